The molecule has 0 fully saturated rings. The van der Waals surface area contributed by atoms with Gasteiger partial charge in [-0.15, -0.1) is 11.3 Å². The number of nitrogens with zero attached hydrogens (tertiary/aromatic N) is 2. The lowest BCUT2D eigenvalue weighted by Crippen LogP contribution is -2.34. The number of nitrogens with one attached hydrogen (secondary N) is 1. The van der Waals surface area contributed by atoms with Crippen LogP contribution in [0.15, 0.2) is 34.8 Å². The van der Waals surface area contributed by atoms with Gasteiger partial charge in [0.2, 0.25) is 0 Å². The van der Waals surface area contributed by atoms with Crippen molar-refractivity contribution in [3.8, 4) is 0 Å². The fourth-order valence-corrected chi connectivity index (χ4v) is 3.25. The zero-order valence-electron chi connectivity index (χ0n) is 12.4. The van der Waals surface area contributed by atoms with Crippen LogP contribution in [-0.2, 0) is 0 Å². The lowest BCUT2D eigenvalue weighted by atomic mass is 10.1. The van der Waals surface area contributed by atoms with Crippen LogP contribution in [0.4, 0.5) is 0 Å². The normalized spacial score (nSPS) is 14.6. The Balaban J connectivity index is 1.95. The highest BCUT2D eigenvalue weighted by Crippen LogP contribution is 2.26. The van der Waals surface area contributed by atoms with E-state index in [1.54, 1.807) is 29.7 Å². The maximum absolute atomic E-state index is 6.19. The number of rotatable bonds is 5. The van der Waals surface area contributed by atoms with Crippen molar-refractivity contribution in [2.75, 3.05) is 6.54 Å². The smallest absolute Gasteiger partial charge is 0.189 e. The van der Waals surface area contributed by atoms with Gasteiger partial charge in [-0.3, -0.25) is 4.99 Å². The van der Waals surface area contributed by atoms with Crippen LogP contribution < -0.4 is 11.1 Å². The number of halogens is 2. The maximum atomic E-state index is 6.19. The lowest BCUT2D eigenvalue weighted by molar-refractivity contribution is 0.698. The van der Waals surface area contributed by atoms with Gasteiger partial charge in [0.05, 0.1) is 17.6 Å². The Kier molecular flexibility index (Phi) is 6.06. The van der Waals surface area contributed by atoms with E-state index < -0.39 is 0 Å². The summed E-state index contributed by atoms with van der Waals surface area (Å²) in [6, 6.07) is 5.35. The Morgan fingerprint density at radius 3 is 2.82 bits per heavy atom. The summed E-state index contributed by atoms with van der Waals surface area (Å²) in [5, 5.41) is 7.38. The summed E-state index contributed by atoms with van der Waals surface area (Å²) in [7, 11) is 0. The average Bonchev–Trinajstić information content (AvgIpc) is 2.98. The monoisotopic (exact) mass is 356 g/mol. The van der Waals surface area contributed by atoms with E-state index in [1.165, 1.54) is 0 Å². The first kappa shape index (κ1) is 17.1. The summed E-state index contributed by atoms with van der Waals surface area (Å²) >= 11 is 13.7. The number of benzene rings is 1. The molecule has 7 heteroatoms. The molecule has 0 saturated heterocycles. The summed E-state index contributed by atoms with van der Waals surface area (Å²) in [6.45, 7) is 4.64. The van der Waals surface area contributed by atoms with Crippen LogP contribution in [0.3, 0.4) is 0 Å². The SMILES string of the molecule is CC(CN=C(N)NC(C)c1ccc(Cl)cc1Cl)c1nccs1. The molecule has 1 heterocycles. The zero-order valence-corrected chi connectivity index (χ0v) is 14.7. The van der Waals surface area contributed by atoms with Crippen molar-refractivity contribution in [2.24, 2.45) is 10.7 Å². The fraction of sp³-hybridized carbons (Fsp3) is 0.333. The van der Waals surface area contributed by atoms with Crippen LogP contribution in [0.25, 0.3) is 0 Å². The summed E-state index contributed by atoms with van der Waals surface area (Å²) in [6.07, 6.45) is 1.80. The van der Waals surface area contributed by atoms with Gasteiger partial charge in [-0.25, -0.2) is 4.98 Å². The first-order valence-corrected chi connectivity index (χ1v) is 8.51. The van der Waals surface area contributed by atoms with Crippen LogP contribution in [0.5, 0.6) is 0 Å². The van der Waals surface area contributed by atoms with Crippen molar-refractivity contribution in [1.29, 1.82) is 0 Å². The number of aliphatic imine (C=N–C) groups is 1. The quantitative estimate of drug-likeness (QED) is 0.622. The molecule has 0 aliphatic heterocycles. The molecule has 3 N–H and O–H groups in total. The minimum absolute atomic E-state index is 0.0521. The van der Waals surface area contributed by atoms with E-state index in [2.05, 4.69) is 22.2 Å². The van der Waals surface area contributed by atoms with Gasteiger partial charge in [0.1, 0.15) is 0 Å². The molecule has 22 heavy (non-hydrogen) atoms. The molecule has 0 spiro atoms. The third kappa shape index (κ3) is 4.60. The Morgan fingerprint density at radius 1 is 1.41 bits per heavy atom. The molecule has 0 aliphatic carbocycles. The molecule has 1 aromatic heterocycles. The Labute approximate surface area is 144 Å². The van der Waals surface area contributed by atoms with Crippen LogP contribution in [-0.4, -0.2) is 17.5 Å². The van der Waals surface area contributed by atoms with Crippen molar-refractivity contribution < 1.29 is 0 Å². The summed E-state index contributed by atoms with van der Waals surface area (Å²) in [4.78, 5) is 8.65. The molecule has 0 radical (unpaired) electrons. The zero-order chi connectivity index (χ0) is 16.1. The highest BCUT2D eigenvalue weighted by molar-refractivity contribution is 7.09. The highest BCUT2D eigenvalue weighted by Gasteiger charge is 2.11. The van der Waals surface area contributed by atoms with E-state index in [0.717, 1.165) is 10.6 Å². The predicted octanol–water partition coefficient (Wildman–Crippen LogP) is 4.22. The molecule has 0 bridgehead atoms. The lowest BCUT2D eigenvalue weighted by Gasteiger charge is -2.17. The molecule has 2 aromatic rings. The van der Waals surface area contributed by atoms with Crippen molar-refractivity contribution in [1.82, 2.24) is 10.3 Å². The Hall–Kier alpha value is -1.30. The minimum atomic E-state index is -0.0521. The van der Waals surface area contributed by atoms with Gasteiger partial charge in [-0.1, -0.05) is 36.2 Å². The number of thiazole rings is 1. The van der Waals surface area contributed by atoms with E-state index in [1.807, 2.05) is 18.4 Å². The molecule has 4 nitrogen and oxygen atoms in total. The molecule has 2 unspecified atom stereocenters. The molecule has 118 valence electrons. The van der Waals surface area contributed by atoms with E-state index in [4.69, 9.17) is 28.9 Å². The Bertz CT molecular complexity index is 643. The van der Waals surface area contributed by atoms with Gasteiger partial charge >= 0.3 is 0 Å². The second-order valence-electron chi connectivity index (χ2n) is 5.03. The molecule has 2 rings (SSSR count). The summed E-state index contributed by atoms with van der Waals surface area (Å²) in [5.74, 6) is 0.636. The molecular weight excluding hydrogens is 339 g/mol. The topological polar surface area (TPSA) is 63.3 Å². The van der Waals surface area contributed by atoms with Crippen LogP contribution in [0.2, 0.25) is 10.0 Å². The van der Waals surface area contributed by atoms with Crippen molar-refractivity contribution in [3.05, 3.63) is 50.4 Å². The molecular formula is C15H18Cl2N4S. The highest BCUT2D eigenvalue weighted by atomic mass is 35.5. The van der Waals surface area contributed by atoms with E-state index in [0.29, 0.717) is 22.5 Å². The summed E-state index contributed by atoms with van der Waals surface area (Å²) in [5.41, 5.74) is 6.87. The van der Waals surface area contributed by atoms with Crippen molar-refractivity contribution in [3.63, 3.8) is 0 Å². The number of guanidine groups is 1. The first-order chi connectivity index (χ1) is 10.5. The largest absolute Gasteiger partial charge is 0.370 e. The molecule has 0 amide bonds. The van der Waals surface area contributed by atoms with E-state index in [9.17, 15) is 0 Å². The standard InChI is InChI=1S/C15H18Cl2N4S/c1-9(14-19-5-6-22-14)8-20-15(18)21-10(2)12-4-3-11(16)7-13(12)17/h3-7,9-10H,8H2,1-2H3,(H3,18,20,21). The van der Waals surface area contributed by atoms with Gasteiger partial charge in [-0.2, -0.15) is 0 Å². The van der Waals surface area contributed by atoms with Gasteiger partial charge in [0.25, 0.3) is 0 Å². The van der Waals surface area contributed by atoms with E-state index in [-0.39, 0.29) is 12.0 Å². The number of hydrogen-bond acceptors (Lipinski definition) is 3. The van der Waals surface area contributed by atoms with Gasteiger partial charge < -0.3 is 11.1 Å². The average molecular weight is 357 g/mol. The van der Waals surface area contributed by atoms with Crippen LogP contribution >= 0.6 is 34.5 Å². The third-order valence-electron chi connectivity index (χ3n) is 3.20. The first-order valence-electron chi connectivity index (χ1n) is 6.88. The second kappa shape index (κ2) is 7.81. The third-order valence-corrected chi connectivity index (χ3v) is 4.77. The Morgan fingerprint density at radius 2 is 2.18 bits per heavy atom. The fourth-order valence-electron chi connectivity index (χ4n) is 1.99. The number of aromatic nitrogens is 1. The number of hydrogen-bond donors (Lipinski definition) is 2. The molecule has 2 atom stereocenters. The van der Waals surface area contributed by atoms with Gasteiger partial charge in [-0.05, 0) is 24.6 Å². The summed E-state index contributed by atoms with van der Waals surface area (Å²) < 4.78 is 0. The van der Waals surface area contributed by atoms with Gasteiger partial charge in [0, 0.05) is 27.5 Å². The minimum Gasteiger partial charge on any atom is -0.370 e. The molecule has 1 aromatic carbocycles. The molecule has 0 saturated carbocycles. The number of nitrogens with two attached hydrogens (primary N) is 1. The second-order valence-corrected chi connectivity index (χ2v) is 6.80. The van der Waals surface area contributed by atoms with Crippen molar-refractivity contribution >= 4 is 40.5 Å². The maximum Gasteiger partial charge on any atom is 0.189 e. The predicted molar refractivity (Wildman–Crippen MR) is 95.0 cm³/mol. The van der Waals surface area contributed by atoms with Gasteiger partial charge in [0.15, 0.2) is 5.96 Å². The molecule has 0 aliphatic rings. The van der Waals surface area contributed by atoms with Crippen LogP contribution in [0.1, 0.15) is 36.4 Å². The van der Waals surface area contributed by atoms with Crippen molar-refractivity contribution in [2.45, 2.75) is 25.8 Å². The van der Waals surface area contributed by atoms with Crippen LogP contribution in [0, 0.1) is 0 Å². The van der Waals surface area contributed by atoms with E-state index >= 15 is 0 Å².